The number of rotatable bonds is 1. The van der Waals surface area contributed by atoms with E-state index in [0.717, 1.165) is 18.7 Å². The first-order valence-electron chi connectivity index (χ1n) is 7.11. The average Bonchev–Trinajstić information content (AvgIpc) is 2.79. The van der Waals surface area contributed by atoms with Crippen LogP contribution in [0.5, 0.6) is 0 Å². The Morgan fingerprint density at radius 3 is 3.21 bits per heavy atom. The first-order chi connectivity index (χ1) is 9.38. The van der Waals surface area contributed by atoms with Crippen LogP contribution in [0.25, 0.3) is 10.9 Å². The summed E-state index contributed by atoms with van der Waals surface area (Å²) in [5.74, 6) is 0.649. The summed E-state index contributed by atoms with van der Waals surface area (Å²) in [7, 11) is 0. The molecule has 0 amide bonds. The Hall–Kier alpha value is -1.79. The van der Waals surface area contributed by atoms with Crippen LogP contribution in [0.2, 0.25) is 0 Å². The second-order valence-corrected chi connectivity index (χ2v) is 5.70. The average molecular weight is 251 g/mol. The van der Waals surface area contributed by atoms with Crippen LogP contribution in [0.1, 0.15) is 35.6 Å². The van der Waals surface area contributed by atoms with Gasteiger partial charge in [-0.2, -0.15) is 5.26 Å². The number of H-pyrrole nitrogens is 1. The lowest BCUT2D eigenvalue weighted by atomic mass is 9.75. The maximum atomic E-state index is 9.00. The monoisotopic (exact) mass is 251 g/mol. The third kappa shape index (κ3) is 1.53. The van der Waals surface area contributed by atoms with Crippen molar-refractivity contribution in [2.75, 3.05) is 6.54 Å². The number of benzene rings is 1. The van der Waals surface area contributed by atoms with Crippen molar-refractivity contribution in [1.29, 1.82) is 5.26 Å². The molecule has 0 radical (unpaired) electrons. The molecule has 1 aliphatic carbocycles. The van der Waals surface area contributed by atoms with Crippen molar-refractivity contribution in [1.82, 2.24) is 10.3 Å². The Kier molecular flexibility index (Phi) is 2.39. The smallest absolute Gasteiger partial charge is 0.0755 e. The van der Waals surface area contributed by atoms with Crippen LogP contribution in [0.3, 0.4) is 0 Å². The Balaban J connectivity index is 1.96. The number of nitriles is 1. The molecule has 3 heteroatoms. The van der Waals surface area contributed by atoms with Gasteiger partial charge in [-0.1, -0.05) is 12.1 Å². The van der Waals surface area contributed by atoms with E-state index in [0.29, 0.717) is 18.4 Å². The molecule has 2 N–H and O–H groups in total. The number of hydrogen-bond donors (Lipinski definition) is 2. The summed E-state index contributed by atoms with van der Waals surface area (Å²) in [5, 5.41) is 14.1. The van der Waals surface area contributed by atoms with Gasteiger partial charge >= 0.3 is 0 Å². The van der Waals surface area contributed by atoms with Gasteiger partial charge < -0.3 is 10.3 Å². The third-order valence-corrected chi connectivity index (χ3v) is 4.71. The number of nitrogens with zero attached hydrogens (tertiary/aromatic N) is 1. The summed E-state index contributed by atoms with van der Waals surface area (Å²) in [6.45, 7) is 1.13. The Morgan fingerprint density at radius 2 is 2.32 bits per heavy atom. The molecular formula is C16H17N3. The number of fused-ring (bicyclic) bond motifs is 2. The van der Waals surface area contributed by atoms with Gasteiger partial charge in [0, 0.05) is 28.6 Å². The van der Waals surface area contributed by atoms with Crippen molar-refractivity contribution >= 4 is 10.9 Å². The summed E-state index contributed by atoms with van der Waals surface area (Å²) < 4.78 is 0. The second kappa shape index (κ2) is 4.11. The van der Waals surface area contributed by atoms with Crippen LogP contribution in [0.15, 0.2) is 18.2 Å². The summed E-state index contributed by atoms with van der Waals surface area (Å²) in [5.41, 5.74) is 5.19. The predicted octanol–water partition coefficient (Wildman–Crippen LogP) is 2.63. The lowest BCUT2D eigenvalue weighted by Crippen LogP contribution is -2.43. The molecule has 0 spiro atoms. The lowest BCUT2D eigenvalue weighted by Gasteiger charge is -2.37. The minimum Gasteiger partial charge on any atom is -0.357 e. The summed E-state index contributed by atoms with van der Waals surface area (Å²) in [6, 6.07) is 9.40. The molecule has 2 aliphatic rings. The molecule has 1 saturated heterocycles. The van der Waals surface area contributed by atoms with Gasteiger partial charge in [-0.15, -0.1) is 0 Å². The number of nitrogens with one attached hydrogen (secondary N) is 2. The molecule has 1 aliphatic heterocycles. The standard InChI is InChI=1S/C16H17N3/c17-7-6-13-12-9-15-10(4-2-8-18-15)11-3-1-5-14(19-13)16(11)12/h1,3,5,10,15,18-19H,2,4,6,8-9H2/t10?,15-/m1/s1. The van der Waals surface area contributed by atoms with Gasteiger partial charge in [0.2, 0.25) is 0 Å². The van der Waals surface area contributed by atoms with Crippen LogP contribution in [-0.2, 0) is 12.8 Å². The first-order valence-corrected chi connectivity index (χ1v) is 7.11. The highest BCUT2D eigenvalue weighted by Crippen LogP contribution is 2.41. The fraction of sp³-hybridized carbons (Fsp3) is 0.438. The minimum atomic E-state index is 0.487. The highest BCUT2D eigenvalue weighted by Gasteiger charge is 2.34. The zero-order valence-electron chi connectivity index (χ0n) is 10.9. The molecule has 19 heavy (non-hydrogen) atoms. The summed E-state index contributed by atoms with van der Waals surface area (Å²) >= 11 is 0. The Labute approximate surface area is 112 Å². The maximum Gasteiger partial charge on any atom is 0.0755 e. The molecule has 1 fully saturated rings. The van der Waals surface area contributed by atoms with E-state index >= 15 is 0 Å². The van der Waals surface area contributed by atoms with Crippen LogP contribution >= 0.6 is 0 Å². The molecule has 0 bridgehead atoms. The zero-order chi connectivity index (χ0) is 12.8. The molecule has 0 saturated carbocycles. The maximum absolute atomic E-state index is 9.00. The van der Waals surface area contributed by atoms with Crippen molar-refractivity contribution in [3.8, 4) is 6.07 Å². The fourth-order valence-corrected chi connectivity index (χ4v) is 3.92. The van der Waals surface area contributed by atoms with Crippen LogP contribution in [0.4, 0.5) is 0 Å². The number of aromatic nitrogens is 1. The minimum absolute atomic E-state index is 0.487. The normalized spacial score (nSPS) is 25.0. The molecule has 2 aromatic rings. The molecule has 1 unspecified atom stereocenters. The largest absolute Gasteiger partial charge is 0.357 e. The van der Waals surface area contributed by atoms with Crippen molar-refractivity contribution in [2.24, 2.45) is 0 Å². The third-order valence-electron chi connectivity index (χ3n) is 4.71. The lowest BCUT2D eigenvalue weighted by molar-refractivity contribution is 0.345. The highest BCUT2D eigenvalue weighted by molar-refractivity contribution is 5.89. The molecule has 4 rings (SSSR count). The molecule has 1 aromatic carbocycles. The first kappa shape index (κ1) is 11.1. The Bertz CT molecular complexity index is 677. The van der Waals surface area contributed by atoms with E-state index in [1.807, 2.05) is 0 Å². The van der Waals surface area contributed by atoms with E-state index in [4.69, 9.17) is 5.26 Å². The highest BCUT2D eigenvalue weighted by atomic mass is 14.9. The second-order valence-electron chi connectivity index (χ2n) is 5.70. The Morgan fingerprint density at radius 1 is 1.37 bits per heavy atom. The van der Waals surface area contributed by atoms with Gasteiger partial charge in [0.25, 0.3) is 0 Å². The molecular weight excluding hydrogens is 234 g/mol. The van der Waals surface area contributed by atoms with Gasteiger partial charge in [-0.3, -0.25) is 0 Å². The molecule has 3 nitrogen and oxygen atoms in total. The number of piperidine rings is 1. The van der Waals surface area contributed by atoms with Gasteiger partial charge in [-0.05, 0) is 43.0 Å². The van der Waals surface area contributed by atoms with Crippen LogP contribution in [-0.4, -0.2) is 17.6 Å². The van der Waals surface area contributed by atoms with Gasteiger partial charge in [0.05, 0.1) is 12.5 Å². The van der Waals surface area contributed by atoms with E-state index in [9.17, 15) is 0 Å². The molecule has 2 heterocycles. The van der Waals surface area contributed by atoms with E-state index in [2.05, 4.69) is 34.6 Å². The van der Waals surface area contributed by atoms with E-state index < -0.39 is 0 Å². The van der Waals surface area contributed by atoms with Crippen molar-refractivity contribution in [2.45, 2.75) is 37.6 Å². The molecule has 1 aromatic heterocycles. The molecule has 96 valence electrons. The van der Waals surface area contributed by atoms with Crippen LogP contribution in [0, 0.1) is 11.3 Å². The SMILES string of the molecule is N#CCc1[nH]c2cccc3c2c1C[C@H]1NCCCC31. The van der Waals surface area contributed by atoms with E-state index in [1.54, 1.807) is 0 Å². The van der Waals surface area contributed by atoms with Crippen molar-refractivity contribution < 1.29 is 0 Å². The zero-order valence-corrected chi connectivity index (χ0v) is 10.9. The predicted molar refractivity (Wildman–Crippen MR) is 75.1 cm³/mol. The van der Waals surface area contributed by atoms with Crippen LogP contribution < -0.4 is 5.32 Å². The van der Waals surface area contributed by atoms with E-state index in [-0.39, 0.29) is 0 Å². The summed E-state index contributed by atoms with van der Waals surface area (Å²) in [4.78, 5) is 3.46. The van der Waals surface area contributed by atoms with Crippen molar-refractivity contribution in [3.05, 3.63) is 35.0 Å². The van der Waals surface area contributed by atoms with Gasteiger partial charge in [0.15, 0.2) is 0 Å². The molecule has 2 atom stereocenters. The summed E-state index contributed by atoms with van der Waals surface area (Å²) in [6.07, 6.45) is 4.11. The van der Waals surface area contributed by atoms with Gasteiger partial charge in [-0.25, -0.2) is 0 Å². The number of aromatic amines is 1. The number of hydrogen-bond acceptors (Lipinski definition) is 2. The quantitative estimate of drug-likeness (QED) is 0.818. The van der Waals surface area contributed by atoms with E-state index in [1.165, 1.54) is 34.9 Å². The van der Waals surface area contributed by atoms with Gasteiger partial charge in [0.1, 0.15) is 0 Å². The van der Waals surface area contributed by atoms with Crippen molar-refractivity contribution in [3.63, 3.8) is 0 Å². The fourth-order valence-electron chi connectivity index (χ4n) is 3.92. The topological polar surface area (TPSA) is 51.6 Å².